The topological polar surface area (TPSA) is 27.0 Å². The molecule has 2 aromatic carbocycles. The van der Waals surface area contributed by atoms with Gasteiger partial charge in [-0.3, -0.25) is 0 Å². The van der Waals surface area contributed by atoms with E-state index in [-0.39, 0.29) is 11.6 Å². The highest BCUT2D eigenvalue weighted by molar-refractivity contribution is 5.89. The molecule has 1 heterocycles. The van der Waals surface area contributed by atoms with Gasteiger partial charge < -0.3 is 4.90 Å². The number of allylic oxidation sites excluding steroid dienone is 1. The van der Waals surface area contributed by atoms with Crippen molar-refractivity contribution >= 4 is 17.3 Å². The van der Waals surface area contributed by atoms with E-state index in [1.165, 1.54) is 24.6 Å². The third-order valence-corrected chi connectivity index (χ3v) is 4.26. The van der Waals surface area contributed by atoms with Gasteiger partial charge in [0.2, 0.25) is 0 Å². The first-order chi connectivity index (χ1) is 11.7. The van der Waals surface area contributed by atoms with Gasteiger partial charge >= 0.3 is 0 Å². The summed E-state index contributed by atoms with van der Waals surface area (Å²) in [5.74, 6) is -0.630. The van der Waals surface area contributed by atoms with Crippen molar-refractivity contribution in [3.05, 3.63) is 65.2 Å². The molecule has 0 aromatic heterocycles. The number of anilines is 1. The van der Waals surface area contributed by atoms with Gasteiger partial charge in [-0.1, -0.05) is 18.2 Å². The number of piperidine rings is 1. The number of nitriles is 1. The van der Waals surface area contributed by atoms with E-state index in [2.05, 4.69) is 11.0 Å². The molecule has 24 heavy (non-hydrogen) atoms. The average Bonchev–Trinajstić information content (AvgIpc) is 2.61. The van der Waals surface area contributed by atoms with Crippen molar-refractivity contribution in [3.8, 4) is 6.07 Å². The van der Waals surface area contributed by atoms with Gasteiger partial charge in [0.15, 0.2) is 0 Å². The number of nitrogens with zero attached hydrogens (tertiary/aromatic N) is 2. The highest BCUT2D eigenvalue weighted by Crippen LogP contribution is 2.26. The SMILES string of the molecule is N#CC(=Cc1ccc(N2CCCCC2)c(F)c1)c1ccc(F)cc1. The van der Waals surface area contributed by atoms with Crippen LogP contribution in [0.15, 0.2) is 42.5 Å². The first-order valence-corrected chi connectivity index (χ1v) is 8.09. The van der Waals surface area contributed by atoms with Gasteiger partial charge in [0, 0.05) is 13.1 Å². The summed E-state index contributed by atoms with van der Waals surface area (Å²) in [5, 5.41) is 9.32. The average molecular weight is 324 g/mol. The summed E-state index contributed by atoms with van der Waals surface area (Å²) in [4.78, 5) is 2.07. The third kappa shape index (κ3) is 3.62. The molecular weight excluding hydrogens is 306 g/mol. The minimum absolute atomic E-state index is 0.276. The van der Waals surface area contributed by atoms with Gasteiger partial charge in [0.05, 0.1) is 17.3 Å². The highest BCUT2D eigenvalue weighted by Gasteiger charge is 2.14. The number of halogens is 2. The van der Waals surface area contributed by atoms with Crippen molar-refractivity contribution in [2.24, 2.45) is 0 Å². The Kier molecular flexibility index (Phi) is 4.90. The summed E-state index contributed by atoms with van der Waals surface area (Å²) < 4.78 is 27.4. The van der Waals surface area contributed by atoms with Crippen LogP contribution >= 0.6 is 0 Å². The van der Waals surface area contributed by atoms with Crippen molar-refractivity contribution in [1.29, 1.82) is 5.26 Å². The summed E-state index contributed by atoms with van der Waals surface area (Å²) in [7, 11) is 0. The van der Waals surface area contributed by atoms with E-state index in [9.17, 15) is 14.0 Å². The predicted octanol–water partition coefficient (Wildman–Crippen LogP) is 5.02. The molecule has 0 aliphatic carbocycles. The Balaban J connectivity index is 1.87. The van der Waals surface area contributed by atoms with Crippen LogP contribution in [0.4, 0.5) is 14.5 Å². The lowest BCUT2D eigenvalue weighted by atomic mass is 10.0. The van der Waals surface area contributed by atoms with Crippen LogP contribution in [0.1, 0.15) is 30.4 Å². The second kappa shape index (κ2) is 7.27. The summed E-state index contributed by atoms with van der Waals surface area (Å²) >= 11 is 0. The summed E-state index contributed by atoms with van der Waals surface area (Å²) in [6.07, 6.45) is 4.99. The number of hydrogen-bond donors (Lipinski definition) is 0. The first-order valence-electron chi connectivity index (χ1n) is 8.09. The number of benzene rings is 2. The standard InChI is InChI=1S/C20H18F2N2/c21-18-7-5-16(6-8-18)17(14-23)12-15-4-9-20(19(22)13-15)24-10-2-1-3-11-24/h4-9,12-13H,1-3,10-11H2. The van der Waals surface area contributed by atoms with Crippen LogP contribution in [0, 0.1) is 23.0 Å². The van der Waals surface area contributed by atoms with Gasteiger partial charge in [-0.05, 0) is 60.7 Å². The lowest BCUT2D eigenvalue weighted by molar-refractivity contribution is 0.557. The maximum atomic E-state index is 14.4. The van der Waals surface area contributed by atoms with Crippen LogP contribution in [0.25, 0.3) is 11.6 Å². The number of hydrogen-bond acceptors (Lipinski definition) is 2. The molecule has 0 amide bonds. The molecule has 1 aliphatic rings. The lowest BCUT2D eigenvalue weighted by Crippen LogP contribution is -2.30. The summed E-state index contributed by atoms with van der Waals surface area (Å²) in [6, 6.07) is 12.8. The highest BCUT2D eigenvalue weighted by atomic mass is 19.1. The van der Waals surface area contributed by atoms with E-state index in [0.29, 0.717) is 22.4 Å². The fraction of sp³-hybridized carbons (Fsp3) is 0.250. The Morgan fingerprint density at radius 2 is 1.71 bits per heavy atom. The molecule has 2 aromatic rings. The van der Waals surface area contributed by atoms with Gasteiger partial charge in [0.1, 0.15) is 11.6 Å². The lowest BCUT2D eigenvalue weighted by Gasteiger charge is -2.29. The van der Waals surface area contributed by atoms with Crippen molar-refractivity contribution in [1.82, 2.24) is 0 Å². The molecule has 1 fully saturated rings. The van der Waals surface area contributed by atoms with Crippen LogP contribution in [-0.2, 0) is 0 Å². The fourth-order valence-corrected chi connectivity index (χ4v) is 2.98. The molecule has 4 heteroatoms. The largest absolute Gasteiger partial charge is 0.369 e. The Bertz CT molecular complexity index is 782. The van der Waals surface area contributed by atoms with Crippen molar-refractivity contribution in [3.63, 3.8) is 0 Å². The minimum Gasteiger partial charge on any atom is -0.369 e. The molecule has 0 spiro atoms. The van der Waals surface area contributed by atoms with Gasteiger partial charge in [-0.2, -0.15) is 5.26 Å². The molecule has 122 valence electrons. The van der Waals surface area contributed by atoms with Crippen molar-refractivity contribution < 1.29 is 8.78 Å². The van der Waals surface area contributed by atoms with E-state index in [1.807, 2.05) is 6.07 Å². The molecule has 2 nitrogen and oxygen atoms in total. The molecule has 0 radical (unpaired) electrons. The van der Waals surface area contributed by atoms with Crippen LogP contribution in [0.3, 0.4) is 0 Å². The molecule has 0 bridgehead atoms. The Labute approximate surface area is 140 Å². The molecule has 3 rings (SSSR count). The molecule has 1 aliphatic heterocycles. The Hall–Kier alpha value is -2.67. The van der Waals surface area contributed by atoms with Gasteiger partial charge in [-0.15, -0.1) is 0 Å². The zero-order chi connectivity index (χ0) is 16.9. The van der Waals surface area contributed by atoms with Crippen LogP contribution in [0.2, 0.25) is 0 Å². The summed E-state index contributed by atoms with van der Waals surface area (Å²) in [5.41, 5.74) is 2.22. The predicted molar refractivity (Wildman–Crippen MR) is 92.3 cm³/mol. The van der Waals surface area contributed by atoms with Crippen LogP contribution < -0.4 is 4.90 Å². The Morgan fingerprint density at radius 1 is 1.00 bits per heavy atom. The van der Waals surface area contributed by atoms with E-state index in [0.717, 1.165) is 25.9 Å². The molecular formula is C20H18F2N2. The second-order valence-electron chi connectivity index (χ2n) is 5.94. The molecule has 0 saturated carbocycles. The maximum Gasteiger partial charge on any atom is 0.147 e. The number of rotatable bonds is 3. The van der Waals surface area contributed by atoms with E-state index < -0.39 is 0 Å². The molecule has 0 unspecified atom stereocenters. The van der Waals surface area contributed by atoms with Gasteiger partial charge in [-0.25, -0.2) is 8.78 Å². The van der Waals surface area contributed by atoms with Gasteiger partial charge in [0.25, 0.3) is 0 Å². The first kappa shape index (κ1) is 16.2. The fourth-order valence-electron chi connectivity index (χ4n) is 2.98. The third-order valence-electron chi connectivity index (χ3n) is 4.26. The van der Waals surface area contributed by atoms with E-state index in [1.54, 1.807) is 24.3 Å². The molecule has 0 N–H and O–H groups in total. The van der Waals surface area contributed by atoms with Crippen LogP contribution in [-0.4, -0.2) is 13.1 Å². The monoisotopic (exact) mass is 324 g/mol. The minimum atomic E-state index is -0.354. The molecule has 0 atom stereocenters. The quantitative estimate of drug-likeness (QED) is 0.585. The molecule has 1 saturated heterocycles. The van der Waals surface area contributed by atoms with E-state index >= 15 is 0 Å². The Morgan fingerprint density at radius 3 is 2.33 bits per heavy atom. The summed E-state index contributed by atoms with van der Waals surface area (Å²) in [6.45, 7) is 1.76. The smallest absolute Gasteiger partial charge is 0.147 e. The second-order valence-corrected chi connectivity index (χ2v) is 5.94. The van der Waals surface area contributed by atoms with Crippen molar-refractivity contribution in [2.75, 3.05) is 18.0 Å². The van der Waals surface area contributed by atoms with Crippen molar-refractivity contribution in [2.45, 2.75) is 19.3 Å². The van der Waals surface area contributed by atoms with Crippen LogP contribution in [0.5, 0.6) is 0 Å². The zero-order valence-corrected chi connectivity index (χ0v) is 13.3. The zero-order valence-electron chi connectivity index (χ0n) is 13.3. The van der Waals surface area contributed by atoms with E-state index in [4.69, 9.17) is 0 Å². The normalized spacial score (nSPS) is 15.2. The maximum absolute atomic E-state index is 14.4.